The molecular weight excluding hydrogens is 345 g/mol. The number of amides is 2. The van der Waals surface area contributed by atoms with Crippen molar-refractivity contribution in [2.45, 2.75) is 25.9 Å². The molecule has 122 valence electrons. The van der Waals surface area contributed by atoms with Gasteiger partial charge in [-0.25, -0.2) is 10.2 Å². The predicted octanol–water partition coefficient (Wildman–Crippen LogP) is 2.13. The molecule has 0 radical (unpaired) electrons. The van der Waals surface area contributed by atoms with Crippen molar-refractivity contribution in [3.63, 3.8) is 0 Å². The minimum absolute atomic E-state index is 0.0556. The molecule has 1 atom stereocenters. The number of nitrogens with zero attached hydrogens (tertiary/aromatic N) is 1. The van der Waals surface area contributed by atoms with Crippen LogP contribution in [0, 0.1) is 0 Å². The first-order valence-electron chi connectivity index (χ1n) is 6.69. The number of benzene rings is 1. The second-order valence-electron chi connectivity index (χ2n) is 4.73. The largest absolute Gasteiger partial charge is 0.448 e. The van der Waals surface area contributed by atoms with E-state index in [0.717, 1.165) is 0 Å². The molecule has 1 aliphatic heterocycles. The Morgan fingerprint density at radius 2 is 1.96 bits per heavy atom. The number of hydrogen-bond acceptors (Lipinski definition) is 5. The molecule has 1 aliphatic rings. The molecule has 0 bridgehead atoms. The molecule has 1 heterocycles. The number of hydrazone groups is 1. The Hall–Kier alpha value is -2.12. The van der Waals surface area contributed by atoms with Crippen molar-refractivity contribution in [1.29, 1.82) is 0 Å². The Morgan fingerprint density at radius 3 is 2.52 bits per heavy atom. The van der Waals surface area contributed by atoms with Crippen molar-refractivity contribution in [3.8, 4) is 0 Å². The first-order chi connectivity index (χ1) is 10.9. The van der Waals surface area contributed by atoms with Gasteiger partial charge in [-0.3, -0.25) is 9.59 Å². The number of carbonyl (C=O) groups excluding carboxylic acids is 3. The second kappa shape index (κ2) is 7.43. The predicted molar refractivity (Wildman–Crippen MR) is 85.5 cm³/mol. The number of nitrogens with one attached hydrogen (secondary N) is 2. The maximum Gasteiger partial charge on any atom is 0.355 e. The molecule has 2 N–H and O–H groups in total. The highest BCUT2D eigenvalue weighted by Gasteiger charge is 2.25. The topological polar surface area (TPSA) is 96.9 Å². The van der Waals surface area contributed by atoms with Crippen molar-refractivity contribution in [1.82, 2.24) is 5.43 Å². The smallest absolute Gasteiger partial charge is 0.355 e. The molecule has 23 heavy (non-hydrogen) atoms. The van der Waals surface area contributed by atoms with Gasteiger partial charge in [0, 0.05) is 12.8 Å². The Kier molecular flexibility index (Phi) is 5.57. The molecule has 7 nitrogen and oxygen atoms in total. The number of esters is 1. The van der Waals surface area contributed by atoms with Gasteiger partial charge in [-0.15, -0.1) is 0 Å². The van der Waals surface area contributed by atoms with Crippen LogP contribution >= 0.6 is 23.2 Å². The Bertz CT molecular complexity index is 670. The molecule has 2 rings (SSSR count). The summed E-state index contributed by atoms with van der Waals surface area (Å²) < 4.78 is 5.02. The average molecular weight is 358 g/mol. The van der Waals surface area contributed by atoms with Crippen LogP contribution in [-0.4, -0.2) is 29.6 Å². The fourth-order valence-electron chi connectivity index (χ4n) is 1.75. The summed E-state index contributed by atoms with van der Waals surface area (Å²) in [5.41, 5.74) is 2.48. The Balaban J connectivity index is 1.97. The zero-order chi connectivity index (χ0) is 17.0. The van der Waals surface area contributed by atoms with Gasteiger partial charge in [0.1, 0.15) is 5.71 Å². The van der Waals surface area contributed by atoms with E-state index in [9.17, 15) is 14.4 Å². The van der Waals surface area contributed by atoms with E-state index in [0.29, 0.717) is 0 Å². The minimum Gasteiger partial charge on any atom is -0.448 e. The minimum atomic E-state index is -1.09. The van der Waals surface area contributed by atoms with Crippen molar-refractivity contribution < 1.29 is 19.1 Å². The van der Waals surface area contributed by atoms with Crippen molar-refractivity contribution >= 4 is 52.4 Å². The molecule has 9 heteroatoms. The van der Waals surface area contributed by atoms with E-state index in [1.165, 1.54) is 6.92 Å². The third-order valence-electron chi connectivity index (χ3n) is 3.00. The van der Waals surface area contributed by atoms with Crippen LogP contribution in [0.15, 0.2) is 23.3 Å². The van der Waals surface area contributed by atoms with E-state index in [4.69, 9.17) is 27.9 Å². The average Bonchev–Trinajstić information content (AvgIpc) is 2.51. The number of hydrogen-bond donors (Lipinski definition) is 2. The van der Waals surface area contributed by atoms with Gasteiger partial charge in [0.15, 0.2) is 6.10 Å². The quantitative estimate of drug-likeness (QED) is 0.806. The van der Waals surface area contributed by atoms with Crippen LogP contribution in [0.25, 0.3) is 0 Å². The lowest BCUT2D eigenvalue weighted by Crippen LogP contribution is -2.35. The molecule has 0 fully saturated rings. The fourth-order valence-corrected chi connectivity index (χ4v) is 2.24. The zero-order valence-electron chi connectivity index (χ0n) is 12.1. The van der Waals surface area contributed by atoms with Crippen molar-refractivity contribution in [2.24, 2.45) is 5.10 Å². The fraction of sp³-hybridized carbons (Fsp3) is 0.286. The van der Waals surface area contributed by atoms with Crippen LogP contribution in [0.3, 0.4) is 0 Å². The number of carbonyl (C=O) groups is 3. The summed E-state index contributed by atoms with van der Waals surface area (Å²) in [6.45, 7) is 1.40. The summed E-state index contributed by atoms with van der Waals surface area (Å²) in [5, 5.41) is 6.64. The summed E-state index contributed by atoms with van der Waals surface area (Å²) in [6, 6.07) is 4.78. The third-order valence-corrected chi connectivity index (χ3v) is 3.63. The van der Waals surface area contributed by atoms with E-state index in [1.54, 1.807) is 18.2 Å². The highest BCUT2D eigenvalue weighted by molar-refractivity contribution is 6.40. The summed E-state index contributed by atoms with van der Waals surface area (Å²) >= 11 is 11.9. The molecule has 0 saturated carbocycles. The van der Waals surface area contributed by atoms with Gasteiger partial charge in [-0.1, -0.05) is 29.3 Å². The number of ether oxygens (including phenoxy) is 1. The molecule has 2 amide bonds. The van der Waals surface area contributed by atoms with Crippen LogP contribution in [0.1, 0.15) is 19.8 Å². The highest BCUT2D eigenvalue weighted by atomic mass is 35.5. The van der Waals surface area contributed by atoms with Gasteiger partial charge in [-0.2, -0.15) is 5.10 Å². The molecule has 0 aliphatic carbocycles. The number of rotatable bonds is 4. The van der Waals surface area contributed by atoms with E-state index < -0.39 is 18.0 Å². The van der Waals surface area contributed by atoms with E-state index in [2.05, 4.69) is 15.8 Å². The molecule has 0 saturated heterocycles. The van der Waals surface area contributed by atoms with Crippen LogP contribution in [0.5, 0.6) is 0 Å². The highest BCUT2D eigenvalue weighted by Crippen LogP contribution is 2.29. The Labute approximate surface area is 142 Å². The van der Waals surface area contributed by atoms with Crippen LogP contribution < -0.4 is 10.7 Å². The maximum absolute atomic E-state index is 12.1. The van der Waals surface area contributed by atoms with Gasteiger partial charge in [0.2, 0.25) is 5.91 Å². The summed E-state index contributed by atoms with van der Waals surface area (Å²) in [5.74, 6) is -1.63. The van der Waals surface area contributed by atoms with E-state index in [-0.39, 0.29) is 40.2 Å². The number of halogens is 2. The first kappa shape index (κ1) is 17.2. The van der Waals surface area contributed by atoms with Gasteiger partial charge < -0.3 is 10.1 Å². The van der Waals surface area contributed by atoms with Gasteiger partial charge in [0.25, 0.3) is 5.91 Å². The number of anilines is 1. The standard InChI is InChI=1S/C14H13Cl2N3O4/c1-7(23-14(22)10-5-6-11(20)19-18-10)13(21)17-12-8(15)3-2-4-9(12)16/h2-4,7H,5-6H2,1H3,(H,17,21)(H,19,20)/t7-/m0/s1. The second-order valence-corrected chi connectivity index (χ2v) is 5.54. The summed E-state index contributed by atoms with van der Waals surface area (Å²) in [7, 11) is 0. The van der Waals surface area contributed by atoms with Crippen molar-refractivity contribution in [3.05, 3.63) is 28.2 Å². The monoisotopic (exact) mass is 357 g/mol. The maximum atomic E-state index is 12.1. The van der Waals surface area contributed by atoms with E-state index >= 15 is 0 Å². The van der Waals surface area contributed by atoms with Crippen molar-refractivity contribution in [2.75, 3.05) is 5.32 Å². The molecule has 0 unspecified atom stereocenters. The zero-order valence-corrected chi connectivity index (χ0v) is 13.6. The molecule has 0 spiro atoms. The molecule has 0 aromatic heterocycles. The summed E-state index contributed by atoms with van der Waals surface area (Å²) in [6.07, 6.45) is -0.783. The number of para-hydroxylation sites is 1. The normalized spacial score (nSPS) is 15.3. The molecule has 1 aromatic carbocycles. The lowest BCUT2D eigenvalue weighted by Gasteiger charge is -2.16. The van der Waals surface area contributed by atoms with Crippen LogP contribution in [-0.2, 0) is 19.1 Å². The Morgan fingerprint density at radius 1 is 1.30 bits per heavy atom. The lowest BCUT2D eigenvalue weighted by molar-refractivity contribution is -0.146. The summed E-state index contributed by atoms with van der Waals surface area (Å²) in [4.78, 5) is 34.9. The van der Waals surface area contributed by atoms with Gasteiger partial charge in [0.05, 0.1) is 15.7 Å². The lowest BCUT2D eigenvalue weighted by atomic mass is 10.2. The van der Waals surface area contributed by atoms with Crippen LogP contribution in [0.4, 0.5) is 5.69 Å². The molecule has 1 aromatic rings. The van der Waals surface area contributed by atoms with Crippen LogP contribution in [0.2, 0.25) is 10.0 Å². The molecular formula is C14H13Cl2N3O4. The third kappa shape index (κ3) is 4.43. The van der Waals surface area contributed by atoms with Gasteiger partial charge >= 0.3 is 5.97 Å². The first-order valence-corrected chi connectivity index (χ1v) is 7.45. The van der Waals surface area contributed by atoms with E-state index in [1.807, 2.05) is 0 Å². The SMILES string of the molecule is C[C@H](OC(=O)C1=NNC(=O)CC1)C(=O)Nc1c(Cl)cccc1Cl. The van der Waals surface area contributed by atoms with Gasteiger partial charge in [-0.05, 0) is 19.1 Å².